The van der Waals surface area contributed by atoms with E-state index in [-0.39, 0.29) is 37.6 Å². The summed E-state index contributed by atoms with van der Waals surface area (Å²) >= 11 is 5.82. The number of rotatable bonds is 4. The molecule has 1 aromatic heterocycles. The molecule has 0 N–H and O–H groups in total. The second kappa shape index (κ2) is 7.65. The molecule has 1 aromatic carbocycles. The van der Waals surface area contributed by atoms with Crippen molar-refractivity contribution in [2.24, 2.45) is 5.92 Å². The summed E-state index contributed by atoms with van der Waals surface area (Å²) < 4.78 is 43.6. The van der Waals surface area contributed by atoms with Crippen molar-refractivity contribution >= 4 is 17.5 Å². The van der Waals surface area contributed by atoms with Crippen molar-refractivity contribution in [3.05, 3.63) is 35.2 Å². The van der Waals surface area contributed by atoms with Crippen LogP contribution in [0.4, 0.5) is 13.2 Å². The number of hydrogen-bond donors (Lipinski definition) is 0. The number of hydrogen-bond acceptors (Lipinski definition) is 4. The molecule has 1 aliphatic heterocycles. The fraction of sp³-hybridized carbons (Fsp3) is 0.471. The van der Waals surface area contributed by atoms with Gasteiger partial charge in [-0.05, 0) is 37.1 Å². The predicted molar refractivity (Wildman–Crippen MR) is 88.4 cm³/mol. The lowest BCUT2D eigenvalue weighted by Crippen LogP contribution is -2.44. The van der Waals surface area contributed by atoms with E-state index in [1.165, 1.54) is 4.90 Å². The first-order valence-electron chi connectivity index (χ1n) is 8.26. The fourth-order valence-corrected chi connectivity index (χ4v) is 3.04. The van der Waals surface area contributed by atoms with Crippen LogP contribution in [-0.4, -0.2) is 40.2 Å². The van der Waals surface area contributed by atoms with Gasteiger partial charge in [0.05, 0.1) is 5.92 Å². The zero-order chi connectivity index (χ0) is 18.7. The summed E-state index contributed by atoms with van der Waals surface area (Å²) in [4.78, 5) is 17.7. The van der Waals surface area contributed by atoms with Gasteiger partial charge in [-0.15, -0.1) is 0 Å². The number of halogens is 4. The SMILES string of the molecule is O=C(CCc1nc(-c2ccc(Cl)cc2)no1)N1CCC[C@@H](C(F)(F)F)C1. The Hall–Kier alpha value is -2.09. The van der Waals surface area contributed by atoms with E-state index < -0.39 is 12.1 Å². The Bertz CT molecular complexity index is 761. The van der Waals surface area contributed by atoms with Crippen molar-refractivity contribution in [3.8, 4) is 11.4 Å². The molecule has 1 amide bonds. The smallest absolute Gasteiger partial charge is 0.342 e. The van der Waals surface area contributed by atoms with Crippen LogP contribution in [0.5, 0.6) is 0 Å². The zero-order valence-corrected chi connectivity index (χ0v) is 14.6. The highest BCUT2D eigenvalue weighted by molar-refractivity contribution is 6.30. The first-order chi connectivity index (χ1) is 12.3. The molecule has 2 aromatic rings. The average Bonchev–Trinajstić information content (AvgIpc) is 3.08. The highest BCUT2D eigenvalue weighted by Crippen LogP contribution is 2.33. The number of benzene rings is 1. The van der Waals surface area contributed by atoms with Gasteiger partial charge in [0.15, 0.2) is 0 Å². The molecule has 0 spiro atoms. The number of amides is 1. The Morgan fingerprint density at radius 2 is 2.04 bits per heavy atom. The minimum atomic E-state index is -4.26. The van der Waals surface area contributed by atoms with Crippen LogP contribution in [0.1, 0.15) is 25.2 Å². The van der Waals surface area contributed by atoms with Gasteiger partial charge in [0.1, 0.15) is 0 Å². The minimum absolute atomic E-state index is 0.0346. The van der Waals surface area contributed by atoms with Crippen LogP contribution in [0.3, 0.4) is 0 Å². The van der Waals surface area contributed by atoms with Crippen LogP contribution in [0.2, 0.25) is 5.02 Å². The summed E-state index contributed by atoms with van der Waals surface area (Å²) in [6.45, 7) is 0.0768. The van der Waals surface area contributed by atoms with Crippen LogP contribution in [0, 0.1) is 5.92 Å². The van der Waals surface area contributed by atoms with Crippen LogP contribution < -0.4 is 0 Å². The van der Waals surface area contributed by atoms with E-state index >= 15 is 0 Å². The lowest BCUT2D eigenvalue weighted by molar-refractivity contribution is -0.188. The third kappa shape index (κ3) is 4.55. The van der Waals surface area contributed by atoms with Crippen LogP contribution in [-0.2, 0) is 11.2 Å². The second-order valence-electron chi connectivity index (χ2n) is 6.24. The summed E-state index contributed by atoms with van der Waals surface area (Å²) in [5.74, 6) is -1.13. The standard InChI is InChI=1S/C17H17ClF3N3O2/c18-13-5-3-11(4-6-13)16-22-14(26-23-16)7-8-15(25)24-9-1-2-12(10-24)17(19,20)21/h3-6,12H,1-2,7-10H2/t12-/m1/s1. The number of aromatic nitrogens is 2. The van der Waals surface area contributed by atoms with Gasteiger partial charge >= 0.3 is 6.18 Å². The monoisotopic (exact) mass is 387 g/mol. The van der Waals surface area contributed by atoms with E-state index in [1.54, 1.807) is 24.3 Å². The predicted octanol–water partition coefficient (Wildman–Crippen LogP) is 4.12. The van der Waals surface area contributed by atoms with Gasteiger partial charge in [0.2, 0.25) is 17.6 Å². The number of alkyl halides is 3. The molecule has 1 saturated heterocycles. The van der Waals surface area contributed by atoms with E-state index in [2.05, 4.69) is 10.1 Å². The van der Waals surface area contributed by atoms with Crippen molar-refractivity contribution in [1.29, 1.82) is 0 Å². The number of carbonyl (C=O) groups excluding carboxylic acids is 1. The largest absolute Gasteiger partial charge is 0.393 e. The molecule has 0 radical (unpaired) electrons. The molecule has 3 rings (SSSR count). The van der Waals surface area contributed by atoms with Crippen LogP contribution in [0.25, 0.3) is 11.4 Å². The molecule has 140 valence electrons. The Labute approximate surface area is 153 Å². The Morgan fingerprint density at radius 1 is 1.31 bits per heavy atom. The molecule has 5 nitrogen and oxygen atoms in total. The lowest BCUT2D eigenvalue weighted by Gasteiger charge is -2.33. The quantitative estimate of drug-likeness (QED) is 0.791. The number of nitrogens with zero attached hydrogens (tertiary/aromatic N) is 3. The molecular formula is C17H17ClF3N3O2. The number of piperidine rings is 1. The summed E-state index contributed by atoms with van der Waals surface area (Å²) in [5.41, 5.74) is 0.722. The zero-order valence-electron chi connectivity index (χ0n) is 13.8. The fourth-order valence-electron chi connectivity index (χ4n) is 2.92. The molecule has 26 heavy (non-hydrogen) atoms. The first kappa shape index (κ1) is 18.7. The highest BCUT2D eigenvalue weighted by atomic mass is 35.5. The van der Waals surface area contributed by atoms with Crippen molar-refractivity contribution in [2.45, 2.75) is 31.9 Å². The van der Waals surface area contributed by atoms with E-state index in [4.69, 9.17) is 16.1 Å². The third-order valence-electron chi connectivity index (χ3n) is 4.36. The summed E-state index contributed by atoms with van der Waals surface area (Å²) in [7, 11) is 0. The number of likely N-dealkylation sites (tertiary alicyclic amines) is 1. The lowest BCUT2D eigenvalue weighted by atomic mass is 9.97. The van der Waals surface area contributed by atoms with Crippen molar-refractivity contribution in [3.63, 3.8) is 0 Å². The van der Waals surface area contributed by atoms with Gasteiger partial charge in [-0.1, -0.05) is 16.8 Å². The first-order valence-corrected chi connectivity index (χ1v) is 8.64. The molecule has 0 bridgehead atoms. The average molecular weight is 388 g/mol. The van der Waals surface area contributed by atoms with Crippen LogP contribution >= 0.6 is 11.6 Å². The maximum Gasteiger partial charge on any atom is 0.393 e. The maximum absolute atomic E-state index is 12.8. The molecule has 1 aliphatic rings. The molecule has 2 heterocycles. The van der Waals surface area contributed by atoms with E-state index in [0.29, 0.717) is 23.8 Å². The summed E-state index contributed by atoms with van der Waals surface area (Å²) in [6, 6.07) is 6.88. The van der Waals surface area contributed by atoms with Gasteiger partial charge in [0.25, 0.3) is 0 Å². The Kier molecular flexibility index (Phi) is 5.50. The number of aryl methyl sites for hydroxylation is 1. The Morgan fingerprint density at radius 3 is 2.73 bits per heavy atom. The van der Waals surface area contributed by atoms with E-state index in [9.17, 15) is 18.0 Å². The summed E-state index contributed by atoms with van der Waals surface area (Å²) in [5, 5.41) is 4.43. The van der Waals surface area contributed by atoms with Gasteiger partial charge in [-0.2, -0.15) is 18.2 Å². The summed E-state index contributed by atoms with van der Waals surface area (Å²) in [6.07, 6.45) is -3.61. The molecule has 0 saturated carbocycles. The highest BCUT2D eigenvalue weighted by Gasteiger charge is 2.42. The second-order valence-corrected chi connectivity index (χ2v) is 6.68. The van der Waals surface area contributed by atoms with Crippen molar-refractivity contribution in [2.75, 3.05) is 13.1 Å². The Balaban J connectivity index is 1.56. The maximum atomic E-state index is 12.8. The van der Waals surface area contributed by atoms with Crippen molar-refractivity contribution in [1.82, 2.24) is 15.0 Å². The third-order valence-corrected chi connectivity index (χ3v) is 4.61. The molecular weight excluding hydrogens is 371 g/mol. The molecule has 0 unspecified atom stereocenters. The van der Waals surface area contributed by atoms with Gasteiger partial charge in [-0.3, -0.25) is 4.79 Å². The van der Waals surface area contributed by atoms with Gasteiger partial charge in [-0.25, -0.2) is 0 Å². The van der Waals surface area contributed by atoms with Gasteiger partial charge in [0, 0.05) is 36.5 Å². The molecule has 1 fully saturated rings. The normalized spacial score (nSPS) is 18.2. The molecule has 9 heteroatoms. The van der Waals surface area contributed by atoms with Gasteiger partial charge < -0.3 is 9.42 Å². The van der Waals surface area contributed by atoms with E-state index in [0.717, 1.165) is 5.56 Å². The molecule has 0 aliphatic carbocycles. The van der Waals surface area contributed by atoms with Crippen molar-refractivity contribution < 1.29 is 22.5 Å². The van der Waals surface area contributed by atoms with Crippen LogP contribution in [0.15, 0.2) is 28.8 Å². The minimum Gasteiger partial charge on any atom is -0.342 e. The van der Waals surface area contributed by atoms with E-state index in [1.807, 2.05) is 0 Å². The molecule has 1 atom stereocenters. The number of carbonyl (C=O) groups is 1. The topological polar surface area (TPSA) is 59.2 Å².